The molecule has 2 atom stereocenters. The molecular weight excluding hydrogens is 290 g/mol. The van der Waals surface area contributed by atoms with Crippen LogP contribution in [0.25, 0.3) is 0 Å². The van der Waals surface area contributed by atoms with Crippen LogP contribution in [0.5, 0.6) is 0 Å². The van der Waals surface area contributed by atoms with Crippen LogP contribution in [0.4, 0.5) is 0 Å². The van der Waals surface area contributed by atoms with Crippen LogP contribution < -0.4 is 5.32 Å². The van der Waals surface area contributed by atoms with Gasteiger partial charge in [0.25, 0.3) is 0 Å². The Morgan fingerprint density at radius 1 is 1.09 bits per heavy atom. The summed E-state index contributed by atoms with van der Waals surface area (Å²) in [5.41, 5.74) is 1.16. The van der Waals surface area contributed by atoms with Crippen LogP contribution in [0.3, 0.4) is 0 Å². The summed E-state index contributed by atoms with van der Waals surface area (Å²) < 4.78 is 7.64. The quantitative estimate of drug-likeness (QED) is 0.726. The third-order valence-corrected chi connectivity index (χ3v) is 3.95. The van der Waals surface area contributed by atoms with E-state index >= 15 is 0 Å². The molecule has 120 valence electrons. The first-order valence-electron chi connectivity index (χ1n) is 7.80. The number of nitrogens with one attached hydrogen (secondary N) is 1. The van der Waals surface area contributed by atoms with E-state index in [-0.39, 0.29) is 12.1 Å². The fraction of sp³-hybridized carbons (Fsp3) is 0.353. The first-order valence-corrected chi connectivity index (χ1v) is 7.80. The molecule has 0 aliphatic carbocycles. The molecule has 6 heteroatoms. The van der Waals surface area contributed by atoms with Crippen molar-refractivity contribution < 1.29 is 4.42 Å². The highest BCUT2D eigenvalue weighted by Crippen LogP contribution is 2.11. The largest absolute Gasteiger partial charge is 0.424 e. The molecule has 2 heterocycles. The summed E-state index contributed by atoms with van der Waals surface area (Å²) in [5.74, 6) is 1.25. The first-order chi connectivity index (χ1) is 11.2. The maximum absolute atomic E-state index is 5.70. The van der Waals surface area contributed by atoms with E-state index < -0.39 is 0 Å². The van der Waals surface area contributed by atoms with Crippen molar-refractivity contribution in [2.45, 2.75) is 38.9 Å². The van der Waals surface area contributed by atoms with Gasteiger partial charge >= 0.3 is 0 Å². The maximum atomic E-state index is 5.70. The van der Waals surface area contributed by atoms with E-state index in [4.69, 9.17) is 4.42 Å². The minimum absolute atomic E-state index is 0.236. The summed E-state index contributed by atoms with van der Waals surface area (Å²) in [6, 6.07) is 12.5. The van der Waals surface area contributed by atoms with E-state index in [0.717, 1.165) is 5.56 Å². The standard InChI is InChI=1S/C17H21N5O/c1-13(14(2)22-10-6-9-19-22)18-12-17-21-20-16(23-17)11-15-7-4-3-5-8-15/h3-10,13-14,18H,11-12H2,1-2H3/t13-,14-/m1/s1. The minimum Gasteiger partial charge on any atom is -0.424 e. The number of hydrogen-bond donors (Lipinski definition) is 1. The Hall–Kier alpha value is -2.47. The van der Waals surface area contributed by atoms with Crippen LogP contribution >= 0.6 is 0 Å². The molecule has 2 aromatic heterocycles. The summed E-state index contributed by atoms with van der Waals surface area (Å²) >= 11 is 0. The fourth-order valence-corrected chi connectivity index (χ4v) is 2.37. The van der Waals surface area contributed by atoms with Gasteiger partial charge in [-0.3, -0.25) is 4.68 Å². The Balaban J connectivity index is 1.53. The predicted octanol–water partition coefficient (Wildman–Crippen LogP) is 2.60. The average molecular weight is 311 g/mol. The van der Waals surface area contributed by atoms with Crippen molar-refractivity contribution in [2.75, 3.05) is 0 Å². The Kier molecular flexibility index (Phi) is 4.83. The van der Waals surface area contributed by atoms with E-state index in [9.17, 15) is 0 Å². The number of nitrogens with zero attached hydrogens (tertiary/aromatic N) is 4. The van der Waals surface area contributed by atoms with Gasteiger partial charge in [0.2, 0.25) is 11.8 Å². The molecule has 0 amide bonds. The lowest BCUT2D eigenvalue weighted by Gasteiger charge is -2.20. The van der Waals surface area contributed by atoms with Gasteiger partial charge < -0.3 is 9.73 Å². The fourth-order valence-electron chi connectivity index (χ4n) is 2.37. The topological polar surface area (TPSA) is 68.8 Å². The second-order valence-electron chi connectivity index (χ2n) is 5.65. The third kappa shape index (κ3) is 4.04. The van der Waals surface area contributed by atoms with Crippen molar-refractivity contribution in [3.05, 3.63) is 66.1 Å². The van der Waals surface area contributed by atoms with Crippen LogP contribution in [-0.2, 0) is 13.0 Å². The Bertz CT molecular complexity index is 708. The van der Waals surface area contributed by atoms with E-state index in [1.807, 2.05) is 35.1 Å². The molecule has 3 aromatic rings. The molecule has 0 spiro atoms. The van der Waals surface area contributed by atoms with E-state index in [1.54, 1.807) is 6.20 Å². The zero-order chi connectivity index (χ0) is 16.1. The molecule has 1 N–H and O–H groups in total. The van der Waals surface area contributed by atoms with Gasteiger partial charge in [-0.05, 0) is 25.5 Å². The lowest BCUT2D eigenvalue weighted by Crippen LogP contribution is -2.33. The van der Waals surface area contributed by atoms with Gasteiger partial charge in [-0.25, -0.2) is 0 Å². The molecule has 0 unspecified atom stereocenters. The second kappa shape index (κ2) is 7.19. The van der Waals surface area contributed by atoms with Crippen molar-refractivity contribution in [3.8, 4) is 0 Å². The lowest BCUT2D eigenvalue weighted by molar-refractivity contribution is 0.345. The molecule has 0 aliphatic heterocycles. The van der Waals surface area contributed by atoms with Crippen LogP contribution in [-0.4, -0.2) is 26.0 Å². The molecule has 1 aromatic carbocycles. The number of aromatic nitrogens is 4. The van der Waals surface area contributed by atoms with Crippen molar-refractivity contribution in [1.82, 2.24) is 25.3 Å². The Labute approximate surface area is 135 Å². The Morgan fingerprint density at radius 2 is 1.87 bits per heavy atom. The second-order valence-corrected chi connectivity index (χ2v) is 5.65. The summed E-state index contributed by atoms with van der Waals surface area (Å²) in [6.07, 6.45) is 4.41. The molecular formula is C17H21N5O. The average Bonchev–Trinajstić information content (AvgIpc) is 3.25. The summed E-state index contributed by atoms with van der Waals surface area (Å²) in [7, 11) is 0. The summed E-state index contributed by atoms with van der Waals surface area (Å²) in [4.78, 5) is 0. The number of benzene rings is 1. The van der Waals surface area contributed by atoms with Crippen molar-refractivity contribution >= 4 is 0 Å². The van der Waals surface area contributed by atoms with Crippen LogP contribution in [0, 0.1) is 0 Å². The highest BCUT2D eigenvalue weighted by Gasteiger charge is 2.15. The van der Waals surface area contributed by atoms with Crippen LogP contribution in [0.15, 0.2) is 53.2 Å². The van der Waals surface area contributed by atoms with Gasteiger partial charge in [-0.15, -0.1) is 10.2 Å². The zero-order valence-electron chi connectivity index (χ0n) is 13.4. The van der Waals surface area contributed by atoms with Gasteiger partial charge in [0.15, 0.2) is 0 Å². The third-order valence-electron chi connectivity index (χ3n) is 3.95. The number of rotatable bonds is 7. The van der Waals surface area contributed by atoms with Crippen LogP contribution in [0.1, 0.15) is 37.2 Å². The van der Waals surface area contributed by atoms with Crippen molar-refractivity contribution in [1.29, 1.82) is 0 Å². The Morgan fingerprint density at radius 3 is 2.61 bits per heavy atom. The molecule has 23 heavy (non-hydrogen) atoms. The summed E-state index contributed by atoms with van der Waals surface area (Å²) in [5, 5.41) is 15.9. The molecule has 6 nitrogen and oxygen atoms in total. The van der Waals surface area contributed by atoms with Crippen molar-refractivity contribution in [3.63, 3.8) is 0 Å². The number of hydrogen-bond acceptors (Lipinski definition) is 5. The van der Waals surface area contributed by atoms with Crippen LogP contribution in [0.2, 0.25) is 0 Å². The predicted molar refractivity (Wildman–Crippen MR) is 86.8 cm³/mol. The molecule has 0 saturated heterocycles. The van der Waals surface area contributed by atoms with Gasteiger partial charge in [-0.1, -0.05) is 30.3 Å². The molecule has 3 rings (SSSR count). The van der Waals surface area contributed by atoms with Gasteiger partial charge in [0.1, 0.15) is 0 Å². The van der Waals surface area contributed by atoms with Gasteiger partial charge in [-0.2, -0.15) is 5.10 Å². The normalized spacial score (nSPS) is 13.8. The smallest absolute Gasteiger partial charge is 0.230 e. The maximum Gasteiger partial charge on any atom is 0.230 e. The monoisotopic (exact) mass is 311 g/mol. The van der Waals surface area contributed by atoms with E-state index in [2.05, 4.69) is 46.6 Å². The minimum atomic E-state index is 0.236. The molecule has 0 aliphatic rings. The van der Waals surface area contributed by atoms with Crippen molar-refractivity contribution in [2.24, 2.45) is 0 Å². The highest BCUT2D eigenvalue weighted by atomic mass is 16.4. The lowest BCUT2D eigenvalue weighted by atomic mass is 10.1. The molecule has 0 fully saturated rings. The zero-order valence-corrected chi connectivity index (χ0v) is 13.4. The molecule has 0 saturated carbocycles. The highest BCUT2D eigenvalue weighted by molar-refractivity contribution is 5.17. The molecule has 0 bridgehead atoms. The summed E-state index contributed by atoms with van der Waals surface area (Å²) in [6.45, 7) is 4.79. The van der Waals surface area contributed by atoms with Gasteiger partial charge in [0.05, 0.1) is 19.0 Å². The first kappa shape index (κ1) is 15.4. The SMILES string of the molecule is C[C@H]([C@@H](C)NCc1nnc(Cc2ccccc2)o1)n1cccn1. The van der Waals surface area contributed by atoms with Gasteiger partial charge in [0, 0.05) is 18.4 Å². The molecule has 0 radical (unpaired) electrons. The van der Waals surface area contributed by atoms with E-state index in [1.165, 1.54) is 0 Å². The van der Waals surface area contributed by atoms with E-state index in [0.29, 0.717) is 24.7 Å².